The number of carbonyl (C=O) groups is 1. The Kier molecular flexibility index (Phi) is 6.65. The highest BCUT2D eigenvalue weighted by molar-refractivity contribution is 5.73. The number of aliphatic carboxylic acids is 1. The Bertz CT molecular complexity index is 586. The Morgan fingerprint density at radius 2 is 1.64 bits per heavy atom. The number of carboxylic acid groups (broad SMARTS) is 1. The molecular formula is C16H19F3N2O4. The van der Waals surface area contributed by atoms with Gasteiger partial charge in [-0.05, 0) is 50.2 Å². The normalized spacial score (nSPS) is 15.7. The van der Waals surface area contributed by atoms with Gasteiger partial charge < -0.3 is 19.3 Å². The molecule has 0 radical (unpaired) electrons. The van der Waals surface area contributed by atoms with E-state index in [4.69, 9.17) is 18.7 Å². The lowest BCUT2D eigenvalue weighted by Gasteiger charge is -2.27. The highest BCUT2D eigenvalue weighted by Crippen LogP contribution is 2.24. The summed E-state index contributed by atoms with van der Waals surface area (Å²) in [6, 6.07) is 8.32. The zero-order valence-corrected chi connectivity index (χ0v) is 13.3. The van der Waals surface area contributed by atoms with Crippen molar-refractivity contribution in [1.29, 1.82) is 0 Å². The Hall–Kier alpha value is -2.26. The topological polar surface area (TPSA) is 87.6 Å². The molecule has 1 aliphatic rings. The van der Waals surface area contributed by atoms with Crippen LogP contribution in [0.25, 0.3) is 0 Å². The summed E-state index contributed by atoms with van der Waals surface area (Å²) in [6.07, 6.45) is 0.598. The van der Waals surface area contributed by atoms with Crippen molar-refractivity contribution in [3.8, 4) is 0 Å². The minimum absolute atomic E-state index is 0.0121. The largest absolute Gasteiger partial charge is 0.490 e. The molecule has 0 spiro atoms. The quantitative estimate of drug-likeness (QED) is 0.777. The van der Waals surface area contributed by atoms with Crippen LogP contribution in [-0.2, 0) is 4.79 Å². The molecule has 138 valence electrons. The van der Waals surface area contributed by atoms with E-state index in [0.29, 0.717) is 6.04 Å². The van der Waals surface area contributed by atoms with E-state index in [1.165, 1.54) is 0 Å². The summed E-state index contributed by atoms with van der Waals surface area (Å²) in [5, 5.41) is 14.1. The number of halogens is 3. The second-order valence-electron chi connectivity index (χ2n) is 5.46. The predicted molar refractivity (Wildman–Crippen MR) is 82.0 cm³/mol. The van der Waals surface area contributed by atoms with Crippen molar-refractivity contribution < 1.29 is 31.9 Å². The second kappa shape index (κ2) is 8.72. The molecular weight excluding hydrogens is 341 g/mol. The maximum Gasteiger partial charge on any atom is 0.490 e. The summed E-state index contributed by atoms with van der Waals surface area (Å²) in [4.78, 5) is 8.90. The number of hydrogen-bond acceptors (Lipinski definition) is 5. The van der Waals surface area contributed by atoms with E-state index in [1.54, 1.807) is 12.5 Å². The number of carboxylic acids is 1. The monoisotopic (exact) mass is 360 g/mol. The molecule has 2 aromatic rings. The molecule has 25 heavy (non-hydrogen) atoms. The molecule has 1 saturated heterocycles. The number of alkyl halides is 3. The van der Waals surface area contributed by atoms with Gasteiger partial charge in [0.05, 0.1) is 12.5 Å². The fraction of sp³-hybridized carbons (Fsp3) is 0.438. The molecule has 3 rings (SSSR count). The zero-order valence-electron chi connectivity index (χ0n) is 13.3. The third-order valence-corrected chi connectivity index (χ3v) is 3.64. The molecule has 0 amide bonds. The van der Waals surface area contributed by atoms with Gasteiger partial charge in [-0.25, -0.2) is 4.79 Å². The molecule has 3 heterocycles. The highest BCUT2D eigenvalue weighted by Gasteiger charge is 2.38. The summed E-state index contributed by atoms with van der Waals surface area (Å²) < 4.78 is 42.8. The van der Waals surface area contributed by atoms with Crippen LogP contribution in [0.5, 0.6) is 0 Å². The number of hydrogen-bond donors (Lipinski definition) is 3. The van der Waals surface area contributed by atoms with Crippen molar-refractivity contribution in [3.05, 3.63) is 48.3 Å². The van der Waals surface area contributed by atoms with Crippen molar-refractivity contribution >= 4 is 5.97 Å². The lowest BCUT2D eigenvalue weighted by atomic mass is 10.0. The van der Waals surface area contributed by atoms with Gasteiger partial charge in [-0.3, -0.25) is 5.32 Å². The molecule has 1 fully saturated rings. The predicted octanol–water partition coefficient (Wildman–Crippen LogP) is 2.94. The SMILES string of the molecule is O=C(O)C(F)(F)F.c1coc(C(NC2CCNCC2)c2ccco2)c1. The van der Waals surface area contributed by atoms with Crippen LogP contribution in [-0.4, -0.2) is 36.4 Å². The molecule has 2 aromatic heterocycles. The average molecular weight is 360 g/mol. The van der Waals surface area contributed by atoms with Crippen LogP contribution < -0.4 is 10.6 Å². The molecule has 0 unspecified atom stereocenters. The smallest absolute Gasteiger partial charge is 0.475 e. The lowest BCUT2D eigenvalue weighted by molar-refractivity contribution is -0.192. The fourth-order valence-corrected chi connectivity index (χ4v) is 2.44. The van der Waals surface area contributed by atoms with E-state index in [9.17, 15) is 13.2 Å². The van der Waals surface area contributed by atoms with Gasteiger partial charge in [0, 0.05) is 6.04 Å². The van der Waals surface area contributed by atoms with Crippen LogP contribution in [0.1, 0.15) is 30.4 Å². The van der Waals surface area contributed by atoms with Gasteiger partial charge in [-0.1, -0.05) is 0 Å². The van der Waals surface area contributed by atoms with Gasteiger partial charge in [0.1, 0.15) is 17.6 Å². The number of nitrogens with one attached hydrogen (secondary N) is 2. The van der Waals surface area contributed by atoms with Crippen molar-refractivity contribution in [2.24, 2.45) is 0 Å². The van der Waals surface area contributed by atoms with E-state index >= 15 is 0 Å². The maximum atomic E-state index is 10.6. The number of rotatable bonds is 4. The Labute approximate surface area is 142 Å². The van der Waals surface area contributed by atoms with Crippen LogP contribution in [0.2, 0.25) is 0 Å². The van der Waals surface area contributed by atoms with Crippen LogP contribution in [0.3, 0.4) is 0 Å². The van der Waals surface area contributed by atoms with Gasteiger partial charge in [0.2, 0.25) is 0 Å². The van der Waals surface area contributed by atoms with Crippen molar-refractivity contribution in [2.75, 3.05) is 13.1 Å². The van der Waals surface area contributed by atoms with Crippen molar-refractivity contribution in [2.45, 2.75) is 31.1 Å². The molecule has 9 heteroatoms. The first-order valence-electron chi connectivity index (χ1n) is 7.71. The number of piperidine rings is 1. The van der Waals surface area contributed by atoms with Crippen molar-refractivity contribution in [3.63, 3.8) is 0 Å². The van der Waals surface area contributed by atoms with Crippen molar-refractivity contribution in [1.82, 2.24) is 10.6 Å². The van der Waals surface area contributed by atoms with Gasteiger partial charge in [-0.2, -0.15) is 13.2 Å². The third kappa shape index (κ3) is 5.95. The minimum Gasteiger partial charge on any atom is -0.475 e. The average Bonchev–Trinajstić information content (AvgIpc) is 3.27. The third-order valence-electron chi connectivity index (χ3n) is 3.64. The molecule has 0 saturated carbocycles. The van der Waals surface area contributed by atoms with E-state index in [1.807, 2.05) is 24.3 Å². The Morgan fingerprint density at radius 1 is 1.16 bits per heavy atom. The van der Waals surface area contributed by atoms with Crippen LogP contribution in [0.15, 0.2) is 45.6 Å². The van der Waals surface area contributed by atoms with Crippen LogP contribution >= 0.6 is 0 Å². The highest BCUT2D eigenvalue weighted by atomic mass is 19.4. The van der Waals surface area contributed by atoms with Crippen LogP contribution in [0, 0.1) is 0 Å². The Balaban J connectivity index is 0.000000277. The van der Waals surface area contributed by atoms with E-state index in [0.717, 1.165) is 37.5 Å². The lowest BCUT2D eigenvalue weighted by Crippen LogP contribution is -2.41. The van der Waals surface area contributed by atoms with E-state index in [2.05, 4.69) is 10.6 Å². The van der Waals surface area contributed by atoms with E-state index < -0.39 is 12.1 Å². The first-order valence-corrected chi connectivity index (χ1v) is 7.71. The molecule has 1 aliphatic heterocycles. The fourth-order valence-electron chi connectivity index (χ4n) is 2.44. The van der Waals surface area contributed by atoms with Gasteiger partial charge in [0.25, 0.3) is 0 Å². The first kappa shape index (κ1) is 19.1. The molecule has 0 aliphatic carbocycles. The minimum atomic E-state index is -5.08. The molecule has 0 atom stereocenters. The van der Waals surface area contributed by atoms with Gasteiger partial charge in [-0.15, -0.1) is 0 Å². The first-order chi connectivity index (χ1) is 11.9. The van der Waals surface area contributed by atoms with Gasteiger partial charge >= 0.3 is 12.1 Å². The standard InChI is InChI=1S/C14H18N2O2.C2HF3O2/c1-3-12(17-9-1)14(13-4-2-10-18-13)16-11-5-7-15-8-6-11;3-2(4,5)1(6)7/h1-4,9-11,14-16H,5-8H2;(H,6,7). The Morgan fingerprint density at radius 3 is 2.00 bits per heavy atom. The summed E-state index contributed by atoms with van der Waals surface area (Å²) in [6.45, 7) is 2.14. The summed E-state index contributed by atoms with van der Waals surface area (Å²) in [5.41, 5.74) is 0. The summed E-state index contributed by atoms with van der Waals surface area (Å²) in [7, 11) is 0. The van der Waals surface area contributed by atoms with E-state index in [-0.39, 0.29) is 6.04 Å². The zero-order chi connectivity index (χ0) is 18.3. The molecule has 0 bridgehead atoms. The molecule has 0 aromatic carbocycles. The summed E-state index contributed by atoms with van der Waals surface area (Å²) in [5.74, 6) is -0.945. The molecule has 3 N–H and O–H groups in total. The number of furan rings is 2. The second-order valence-corrected chi connectivity index (χ2v) is 5.46. The maximum absolute atomic E-state index is 10.6. The molecule has 6 nitrogen and oxygen atoms in total. The summed E-state index contributed by atoms with van der Waals surface area (Å²) >= 11 is 0. The van der Waals surface area contributed by atoms with Crippen LogP contribution in [0.4, 0.5) is 13.2 Å². The van der Waals surface area contributed by atoms with Gasteiger partial charge in [0.15, 0.2) is 0 Å².